The van der Waals surface area contributed by atoms with Crippen molar-refractivity contribution in [2.24, 2.45) is 0 Å². The number of nitrogens with one attached hydrogen (secondary N) is 1. The fraction of sp³-hybridized carbons (Fsp3) is 0.769. The number of hydrogen-bond donors (Lipinski definition) is 1. The third-order valence-electron chi connectivity index (χ3n) is 3.46. The SMILES string of the molecule is CC(C)c1ncc(CNC2(C)CCCC2)s1. The molecule has 0 saturated heterocycles. The quantitative estimate of drug-likeness (QED) is 0.865. The summed E-state index contributed by atoms with van der Waals surface area (Å²) in [4.78, 5) is 5.83. The first-order valence-corrected chi connectivity index (χ1v) is 7.10. The molecule has 1 aliphatic rings. The highest BCUT2D eigenvalue weighted by atomic mass is 32.1. The highest BCUT2D eigenvalue weighted by Crippen LogP contribution is 2.29. The minimum atomic E-state index is 0.377. The zero-order valence-electron chi connectivity index (χ0n) is 10.5. The summed E-state index contributed by atoms with van der Waals surface area (Å²) >= 11 is 1.85. The lowest BCUT2D eigenvalue weighted by Crippen LogP contribution is -2.38. The summed E-state index contributed by atoms with van der Waals surface area (Å²) in [6.45, 7) is 7.74. The summed E-state index contributed by atoms with van der Waals surface area (Å²) in [5.41, 5.74) is 0.377. The second-order valence-electron chi connectivity index (χ2n) is 5.44. The third-order valence-corrected chi connectivity index (χ3v) is 4.76. The molecule has 1 saturated carbocycles. The Morgan fingerprint density at radius 2 is 2.12 bits per heavy atom. The molecule has 0 bridgehead atoms. The number of thiazole rings is 1. The molecule has 1 aromatic rings. The van der Waals surface area contributed by atoms with E-state index in [1.807, 2.05) is 17.5 Å². The van der Waals surface area contributed by atoms with Gasteiger partial charge in [-0.15, -0.1) is 11.3 Å². The molecule has 90 valence electrons. The van der Waals surface area contributed by atoms with Gasteiger partial charge in [-0.2, -0.15) is 0 Å². The summed E-state index contributed by atoms with van der Waals surface area (Å²) in [5.74, 6) is 0.556. The summed E-state index contributed by atoms with van der Waals surface area (Å²) < 4.78 is 0. The minimum Gasteiger partial charge on any atom is -0.307 e. The zero-order chi connectivity index (χ0) is 11.6. The van der Waals surface area contributed by atoms with Gasteiger partial charge in [-0.05, 0) is 19.8 Å². The largest absolute Gasteiger partial charge is 0.307 e. The Bertz CT molecular complexity index is 337. The zero-order valence-corrected chi connectivity index (χ0v) is 11.4. The fourth-order valence-electron chi connectivity index (χ4n) is 2.30. The van der Waals surface area contributed by atoms with Crippen LogP contribution in [-0.2, 0) is 6.54 Å². The van der Waals surface area contributed by atoms with E-state index in [2.05, 4.69) is 31.1 Å². The van der Waals surface area contributed by atoms with Crippen molar-refractivity contribution < 1.29 is 0 Å². The van der Waals surface area contributed by atoms with Crippen molar-refractivity contribution in [3.8, 4) is 0 Å². The van der Waals surface area contributed by atoms with Gasteiger partial charge in [-0.1, -0.05) is 26.7 Å². The maximum atomic E-state index is 4.46. The molecule has 3 heteroatoms. The van der Waals surface area contributed by atoms with Crippen LogP contribution in [-0.4, -0.2) is 10.5 Å². The van der Waals surface area contributed by atoms with Gasteiger partial charge in [0, 0.05) is 29.1 Å². The van der Waals surface area contributed by atoms with E-state index >= 15 is 0 Å². The number of nitrogens with zero attached hydrogens (tertiary/aromatic N) is 1. The van der Waals surface area contributed by atoms with Crippen LogP contribution >= 0.6 is 11.3 Å². The summed E-state index contributed by atoms with van der Waals surface area (Å²) in [5, 5.41) is 4.95. The van der Waals surface area contributed by atoms with Crippen molar-refractivity contribution in [1.82, 2.24) is 10.3 Å². The van der Waals surface area contributed by atoms with E-state index in [0.717, 1.165) is 6.54 Å². The maximum Gasteiger partial charge on any atom is 0.0953 e. The van der Waals surface area contributed by atoms with Crippen LogP contribution < -0.4 is 5.32 Å². The van der Waals surface area contributed by atoms with E-state index < -0.39 is 0 Å². The molecule has 16 heavy (non-hydrogen) atoms. The molecular weight excluding hydrogens is 216 g/mol. The molecule has 0 atom stereocenters. The molecule has 0 amide bonds. The Kier molecular flexibility index (Phi) is 3.65. The normalized spacial score (nSPS) is 19.5. The fourth-order valence-corrected chi connectivity index (χ4v) is 3.16. The van der Waals surface area contributed by atoms with Crippen LogP contribution in [0.3, 0.4) is 0 Å². The molecule has 0 spiro atoms. The van der Waals surface area contributed by atoms with Gasteiger partial charge in [0.2, 0.25) is 0 Å². The Morgan fingerprint density at radius 3 is 2.69 bits per heavy atom. The molecule has 1 heterocycles. The predicted octanol–water partition coefficient (Wildman–Crippen LogP) is 3.69. The molecule has 1 N–H and O–H groups in total. The lowest BCUT2D eigenvalue weighted by Gasteiger charge is -2.24. The van der Waals surface area contributed by atoms with Crippen LogP contribution in [0.25, 0.3) is 0 Å². The van der Waals surface area contributed by atoms with Gasteiger partial charge in [0.1, 0.15) is 0 Å². The van der Waals surface area contributed by atoms with Crippen molar-refractivity contribution in [2.45, 2.75) is 64.5 Å². The molecule has 0 radical (unpaired) electrons. The second kappa shape index (κ2) is 4.84. The van der Waals surface area contributed by atoms with Crippen LogP contribution in [0.15, 0.2) is 6.20 Å². The van der Waals surface area contributed by atoms with E-state index in [1.54, 1.807) is 0 Å². The van der Waals surface area contributed by atoms with Crippen LogP contribution in [0.1, 0.15) is 62.3 Å². The first-order valence-electron chi connectivity index (χ1n) is 6.29. The molecule has 1 aromatic heterocycles. The van der Waals surface area contributed by atoms with Gasteiger partial charge in [-0.3, -0.25) is 0 Å². The van der Waals surface area contributed by atoms with Gasteiger partial charge in [0.15, 0.2) is 0 Å². The predicted molar refractivity (Wildman–Crippen MR) is 69.9 cm³/mol. The van der Waals surface area contributed by atoms with Gasteiger partial charge in [0.05, 0.1) is 5.01 Å². The minimum absolute atomic E-state index is 0.377. The standard InChI is InChI=1S/C13H22N2S/c1-10(2)12-14-8-11(16-12)9-15-13(3)6-4-5-7-13/h8,10,15H,4-7,9H2,1-3H3. The van der Waals surface area contributed by atoms with Crippen LogP contribution in [0.2, 0.25) is 0 Å². The Balaban J connectivity index is 1.89. The number of rotatable bonds is 4. The van der Waals surface area contributed by atoms with Crippen LogP contribution in [0, 0.1) is 0 Å². The Morgan fingerprint density at radius 1 is 1.44 bits per heavy atom. The van der Waals surface area contributed by atoms with E-state index in [1.165, 1.54) is 35.6 Å². The first kappa shape index (κ1) is 12.1. The second-order valence-corrected chi connectivity index (χ2v) is 6.59. The molecular formula is C13H22N2S. The third kappa shape index (κ3) is 2.83. The smallest absolute Gasteiger partial charge is 0.0953 e. The average molecular weight is 238 g/mol. The Hall–Kier alpha value is -0.410. The van der Waals surface area contributed by atoms with Gasteiger partial charge < -0.3 is 5.32 Å². The number of aromatic nitrogens is 1. The summed E-state index contributed by atoms with van der Waals surface area (Å²) in [6.07, 6.45) is 7.43. The number of hydrogen-bond acceptors (Lipinski definition) is 3. The molecule has 0 aromatic carbocycles. The van der Waals surface area contributed by atoms with Crippen LogP contribution in [0.4, 0.5) is 0 Å². The highest BCUT2D eigenvalue weighted by Gasteiger charge is 2.27. The van der Waals surface area contributed by atoms with Crippen molar-refractivity contribution in [3.05, 3.63) is 16.1 Å². The van der Waals surface area contributed by atoms with Gasteiger partial charge in [0.25, 0.3) is 0 Å². The Labute approximate surface area is 102 Å². The van der Waals surface area contributed by atoms with Crippen molar-refractivity contribution in [2.75, 3.05) is 0 Å². The average Bonchev–Trinajstić information content (AvgIpc) is 2.84. The maximum absolute atomic E-state index is 4.46. The molecule has 1 fully saturated rings. The molecule has 2 rings (SSSR count). The molecule has 0 unspecified atom stereocenters. The van der Waals surface area contributed by atoms with Crippen molar-refractivity contribution in [3.63, 3.8) is 0 Å². The van der Waals surface area contributed by atoms with Crippen LogP contribution in [0.5, 0.6) is 0 Å². The first-order chi connectivity index (χ1) is 7.59. The summed E-state index contributed by atoms with van der Waals surface area (Å²) in [6, 6.07) is 0. The topological polar surface area (TPSA) is 24.9 Å². The van der Waals surface area contributed by atoms with Gasteiger partial charge >= 0.3 is 0 Å². The van der Waals surface area contributed by atoms with Crippen molar-refractivity contribution >= 4 is 11.3 Å². The molecule has 0 aliphatic heterocycles. The summed E-state index contributed by atoms with van der Waals surface area (Å²) in [7, 11) is 0. The van der Waals surface area contributed by atoms with E-state index in [-0.39, 0.29) is 0 Å². The van der Waals surface area contributed by atoms with E-state index in [0.29, 0.717) is 11.5 Å². The molecule has 2 nitrogen and oxygen atoms in total. The van der Waals surface area contributed by atoms with E-state index in [4.69, 9.17) is 0 Å². The monoisotopic (exact) mass is 238 g/mol. The lowest BCUT2D eigenvalue weighted by atomic mass is 10.0. The van der Waals surface area contributed by atoms with Gasteiger partial charge in [-0.25, -0.2) is 4.98 Å². The van der Waals surface area contributed by atoms with Crippen molar-refractivity contribution in [1.29, 1.82) is 0 Å². The molecule has 1 aliphatic carbocycles. The highest BCUT2D eigenvalue weighted by molar-refractivity contribution is 7.11. The lowest BCUT2D eigenvalue weighted by molar-refractivity contribution is 0.364. The van der Waals surface area contributed by atoms with E-state index in [9.17, 15) is 0 Å².